The molecule has 94 valence electrons. The Morgan fingerprint density at radius 3 is 2.00 bits per heavy atom. The number of hydrogen-bond donors (Lipinski definition) is 1. The molecule has 0 radical (unpaired) electrons. The summed E-state index contributed by atoms with van der Waals surface area (Å²) in [6.07, 6.45) is 2.45. The Morgan fingerprint density at radius 1 is 1.19 bits per heavy atom. The molecule has 0 spiro atoms. The maximum Gasteiger partial charge on any atom is 0.303 e. The highest BCUT2D eigenvalue weighted by Gasteiger charge is 2.22. The molecule has 0 bridgehead atoms. The van der Waals surface area contributed by atoms with Crippen molar-refractivity contribution in [1.29, 1.82) is 0 Å². The highest BCUT2D eigenvalue weighted by molar-refractivity contribution is 5.82. The number of rotatable bonds is 9. The molecular formula is C12H23NO3. The summed E-state index contributed by atoms with van der Waals surface area (Å²) in [6.45, 7) is 7.40. The van der Waals surface area contributed by atoms with Gasteiger partial charge in [-0.25, -0.2) is 0 Å². The number of nitrogens with zero attached hydrogens (tertiary/aromatic N) is 1. The first-order chi connectivity index (χ1) is 7.52. The predicted octanol–water partition coefficient (Wildman–Crippen LogP) is 1.93. The Balaban J connectivity index is 4.43. The summed E-state index contributed by atoms with van der Waals surface area (Å²) < 4.78 is 0. The fraction of sp³-hybridized carbons (Fsp3) is 0.833. The molecular weight excluding hydrogens is 206 g/mol. The molecule has 16 heavy (non-hydrogen) atoms. The van der Waals surface area contributed by atoms with E-state index in [2.05, 4.69) is 18.7 Å². The molecule has 0 aromatic rings. The molecule has 1 N–H and O–H groups in total. The third-order valence-corrected chi connectivity index (χ3v) is 2.56. The van der Waals surface area contributed by atoms with E-state index >= 15 is 0 Å². The number of Topliss-reactive ketones (excluding diaryl/α,β-unsaturated/α-hetero) is 1. The van der Waals surface area contributed by atoms with E-state index in [1.807, 2.05) is 0 Å². The van der Waals surface area contributed by atoms with E-state index in [9.17, 15) is 9.59 Å². The molecule has 0 aliphatic heterocycles. The Labute approximate surface area is 97.6 Å². The van der Waals surface area contributed by atoms with Crippen molar-refractivity contribution in [1.82, 2.24) is 4.90 Å². The minimum absolute atomic E-state index is 0.0637. The Bertz CT molecular complexity index is 222. The average molecular weight is 229 g/mol. The number of carbonyl (C=O) groups is 2. The van der Waals surface area contributed by atoms with Crippen molar-refractivity contribution in [2.45, 2.75) is 52.5 Å². The molecule has 1 atom stereocenters. The molecule has 0 aromatic carbocycles. The SMILES string of the molecule is CCCN(CCC)[C@@H](CCC(=O)O)C(C)=O. The second-order valence-corrected chi connectivity index (χ2v) is 4.09. The van der Waals surface area contributed by atoms with Crippen molar-refractivity contribution >= 4 is 11.8 Å². The third kappa shape index (κ3) is 5.85. The molecule has 4 nitrogen and oxygen atoms in total. The number of hydrogen-bond acceptors (Lipinski definition) is 3. The van der Waals surface area contributed by atoms with Gasteiger partial charge in [0.25, 0.3) is 0 Å². The van der Waals surface area contributed by atoms with E-state index < -0.39 is 5.97 Å². The summed E-state index contributed by atoms with van der Waals surface area (Å²) in [5, 5.41) is 8.66. The largest absolute Gasteiger partial charge is 0.481 e. The van der Waals surface area contributed by atoms with Gasteiger partial charge in [-0.1, -0.05) is 13.8 Å². The van der Waals surface area contributed by atoms with E-state index in [1.165, 1.54) is 0 Å². The molecule has 0 saturated carbocycles. The van der Waals surface area contributed by atoms with Crippen LogP contribution in [0.2, 0.25) is 0 Å². The summed E-state index contributed by atoms with van der Waals surface area (Å²) in [4.78, 5) is 24.2. The van der Waals surface area contributed by atoms with Gasteiger partial charge in [0.1, 0.15) is 5.78 Å². The Hall–Kier alpha value is -0.900. The first-order valence-corrected chi connectivity index (χ1v) is 5.99. The van der Waals surface area contributed by atoms with E-state index in [1.54, 1.807) is 6.92 Å². The summed E-state index contributed by atoms with van der Waals surface area (Å²) in [7, 11) is 0. The van der Waals surface area contributed by atoms with Gasteiger partial charge in [0.05, 0.1) is 6.04 Å². The lowest BCUT2D eigenvalue weighted by atomic mass is 10.1. The van der Waals surface area contributed by atoms with Gasteiger partial charge >= 0.3 is 5.97 Å². The molecule has 0 aromatic heterocycles. The van der Waals surface area contributed by atoms with Gasteiger partial charge < -0.3 is 5.11 Å². The van der Waals surface area contributed by atoms with Crippen LogP contribution in [0.5, 0.6) is 0 Å². The van der Waals surface area contributed by atoms with Crippen molar-refractivity contribution in [2.75, 3.05) is 13.1 Å². The maximum atomic E-state index is 11.5. The summed E-state index contributed by atoms with van der Waals surface area (Å²) in [5.41, 5.74) is 0. The van der Waals surface area contributed by atoms with Gasteiger partial charge in [0.15, 0.2) is 0 Å². The predicted molar refractivity (Wildman–Crippen MR) is 63.5 cm³/mol. The quantitative estimate of drug-likeness (QED) is 0.656. The molecule has 4 heteroatoms. The minimum Gasteiger partial charge on any atom is -0.481 e. The lowest BCUT2D eigenvalue weighted by Crippen LogP contribution is -2.41. The molecule has 0 unspecified atom stereocenters. The van der Waals surface area contributed by atoms with E-state index in [0.29, 0.717) is 6.42 Å². The summed E-state index contributed by atoms with van der Waals surface area (Å²) >= 11 is 0. The van der Waals surface area contributed by atoms with Crippen molar-refractivity contribution in [3.8, 4) is 0 Å². The molecule has 0 rings (SSSR count). The van der Waals surface area contributed by atoms with Crippen LogP contribution in [0.4, 0.5) is 0 Å². The zero-order chi connectivity index (χ0) is 12.6. The fourth-order valence-electron chi connectivity index (χ4n) is 1.90. The second kappa shape index (κ2) is 8.28. The van der Waals surface area contributed by atoms with Crippen LogP contribution in [0.25, 0.3) is 0 Å². The van der Waals surface area contributed by atoms with Gasteiger partial charge in [0, 0.05) is 6.42 Å². The van der Waals surface area contributed by atoms with E-state index in [-0.39, 0.29) is 18.2 Å². The smallest absolute Gasteiger partial charge is 0.303 e. The van der Waals surface area contributed by atoms with Gasteiger partial charge in [-0.2, -0.15) is 0 Å². The Morgan fingerprint density at radius 2 is 1.69 bits per heavy atom. The highest BCUT2D eigenvalue weighted by Crippen LogP contribution is 2.10. The van der Waals surface area contributed by atoms with Crippen LogP contribution >= 0.6 is 0 Å². The molecule has 0 aliphatic rings. The van der Waals surface area contributed by atoms with Crippen LogP contribution in [-0.4, -0.2) is 40.9 Å². The van der Waals surface area contributed by atoms with Crippen molar-refractivity contribution in [3.05, 3.63) is 0 Å². The van der Waals surface area contributed by atoms with Crippen LogP contribution in [0.15, 0.2) is 0 Å². The van der Waals surface area contributed by atoms with Crippen molar-refractivity contribution in [3.63, 3.8) is 0 Å². The van der Waals surface area contributed by atoms with Crippen molar-refractivity contribution in [2.24, 2.45) is 0 Å². The number of carbonyl (C=O) groups excluding carboxylic acids is 1. The normalized spacial score (nSPS) is 12.8. The van der Waals surface area contributed by atoms with Crippen LogP contribution < -0.4 is 0 Å². The molecule has 0 heterocycles. The number of carboxylic acids is 1. The van der Waals surface area contributed by atoms with Gasteiger partial charge in [-0.3, -0.25) is 14.5 Å². The van der Waals surface area contributed by atoms with Crippen molar-refractivity contribution < 1.29 is 14.7 Å². The first-order valence-electron chi connectivity index (χ1n) is 5.99. The van der Waals surface area contributed by atoms with Gasteiger partial charge in [0.2, 0.25) is 0 Å². The lowest BCUT2D eigenvalue weighted by molar-refractivity contribution is -0.137. The molecule has 0 amide bonds. The van der Waals surface area contributed by atoms with Gasteiger partial charge in [-0.05, 0) is 39.3 Å². The van der Waals surface area contributed by atoms with Crippen LogP contribution in [-0.2, 0) is 9.59 Å². The topological polar surface area (TPSA) is 57.6 Å². The highest BCUT2D eigenvalue weighted by atomic mass is 16.4. The van der Waals surface area contributed by atoms with Gasteiger partial charge in [-0.15, -0.1) is 0 Å². The Kier molecular flexibility index (Phi) is 7.81. The maximum absolute atomic E-state index is 11.5. The molecule has 0 fully saturated rings. The van der Waals surface area contributed by atoms with Crippen LogP contribution in [0.3, 0.4) is 0 Å². The number of aliphatic carboxylic acids is 1. The zero-order valence-electron chi connectivity index (χ0n) is 10.5. The minimum atomic E-state index is -0.834. The molecule has 0 saturated heterocycles. The van der Waals surface area contributed by atoms with Crippen LogP contribution in [0, 0.1) is 0 Å². The zero-order valence-corrected chi connectivity index (χ0v) is 10.5. The monoisotopic (exact) mass is 229 g/mol. The standard InChI is InChI=1S/C12H23NO3/c1-4-8-13(9-5-2)11(10(3)14)6-7-12(15)16/h11H,4-9H2,1-3H3,(H,15,16)/t11-/m0/s1. The van der Waals surface area contributed by atoms with Crippen LogP contribution in [0.1, 0.15) is 46.5 Å². The fourth-order valence-corrected chi connectivity index (χ4v) is 1.90. The summed E-state index contributed by atoms with van der Waals surface area (Å²) in [5.74, 6) is -0.762. The van der Waals surface area contributed by atoms with E-state index in [0.717, 1.165) is 25.9 Å². The summed E-state index contributed by atoms with van der Waals surface area (Å²) in [6, 6.07) is -0.226. The average Bonchev–Trinajstić information content (AvgIpc) is 2.17. The van der Waals surface area contributed by atoms with E-state index in [4.69, 9.17) is 5.11 Å². The third-order valence-electron chi connectivity index (χ3n) is 2.56. The lowest BCUT2D eigenvalue weighted by Gasteiger charge is -2.29. The number of carboxylic acid groups (broad SMARTS) is 1. The first kappa shape index (κ1) is 15.1. The molecule has 0 aliphatic carbocycles. The second-order valence-electron chi connectivity index (χ2n) is 4.09. The number of ketones is 1.